The van der Waals surface area contributed by atoms with Crippen LogP contribution in [0.25, 0.3) is 0 Å². The molecular formula is C24H26N4O3. The minimum atomic E-state index is -0.597. The van der Waals surface area contributed by atoms with Crippen molar-refractivity contribution in [2.24, 2.45) is 5.73 Å². The Balaban J connectivity index is 1.45. The number of imide groups is 1. The van der Waals surface area contributed by atoms with Gasteiger partial charge in [0, 0.05) is 43.3 Å². The fraction of sp³-hybridized carbons (Fsp3) is 0.375. The van der Waals surface area contributed by atoms with Crippen molar-refractivity contribution in [2.45, 2.75) is 57.9 Å². The van der Waals surface area contributed by atoms with E-state index in [9.17, 15) is 14.4 Å². The molecule has 0 aromatic heterocycles. The summed E-state index contributed by atoms with van der Waals surface area (Å²) in [6.07, 6.45) is 1.60. The van der Waals surface area contributed by atoms with E-state index in [0.717, 1.165) is 23.1 Å². The molecule has 0 saturated carbocycles. The highest BCUT2D eigenvalue weighted by Crippen LogP contribution is 2.38. The Hall–Kier alpha value is -3.19. The molecule has 3 aliphatic rings. The van der Waals surface area contributed by atoms with Gasteiger partial charge in [0.2, 0.25) is 11.8 Å². The van der Waals surface area contributed by atoms with Crippen LogP contribution in [0.3, 0.4) is 0 Å². The monoisotopic (exact) mass is 418 g/mol. The van der Waals surface area contributed by atoms with E-state index in [1.165, 1.54) is 11.3 Å². The third-order valence-corrected chi connectivity index (χ3v) is 6.78. The summed E-state index contributed by atoms with van der Waals surface area (Å²) in [5, 5.41) is 2.36. The number of hydrogen-bond donors (Lipinski definition) is 2. The molecule has 160 valence electrons. The summed E-state index contributed by atoms with van der Waals surface area (Å²) in [6.45, 7) is 3.78. The Bertz CT molecular complexity index is 1100. The van der Waals surface area contributed by atoms with E-state index in [0.29, 0.717) is 37.7 Å². The van der Waals surface area contributed by atoms with Gasteiger partial charge in [-0.1, -0.05) is 30.3 Å². The lowest BCUT2D eigenvalue weighted by molar-refractivity contribution is -0.136. The largest absolute Gasteiger partial charge is 0.364 e. The Labute approximate surface area is 181 Å². The van der Waals surface area contributed by atoms with Crippen LogP contribution < -0.4 is 16.0 Å². The van der Waals surface area contributed by atoms with Crippen molar-refractivity contribution in [3.63, 3.8) is 0 Å². The first-order chi connectivity index (χ1) is 15.0. The maximum absolute atomic E-state index is 13.1. The summed E-state index contributed by atoms with van der Waals surface area (Å²) in [4.78, 5) is 41.0. The second-order valence-corrected chi connectivity index (χ2v) is 8.65. The summed E-state index contributed by atoms with van der Waals surface area (Å²) in [7, 11) is 0. The molecule has 2 aromatic carbocycles. The molecule has 3 N–H and O–H groups in total. The van der Waals surface area contributed by atoms with E-state index in [2.05, 4.69) is 41.4 Å². The molecule has 2 aromatic rings. The minimum Gasteiger partial charge on any atom is -0.364 e. The van der Waals surface area contributed by atoms with Gasteiger partial charge >= 0.3 is 0 Å². The predicted molar refractivity (Wildman–Crippen MR) is 116 cm³/mol. The topological polar surface area (TPSA) is 95.7 Å². The lowest BCUT2D eigenvalue weighted by atomic mass is 10.0. The number of hydrogen-bond acceptors (Lipinski definition) is 5. The van der Waals surface area contributed by atoms with Crippen LogP contribution >= 0.6 is 0 Å². The fourth-order valence-corrected chi connectivity index (χ4v) is 5.21. The van der Waals surface area contributed by atoms with E-state index < -0.39 is 6.04 Å². The number of benzene rings is 2. The van der Waals surface area contributed by atoms with Crippen LogP contribution in [0, 0.1) is 0 Å². The third-order valence-electron chi connectivity index (χ3n) is 6.78. The smallest absolute Gasteiger partial charge is 0.255 e. The average Bonchev–Trinajstić information content (AvgIpc) is 3.25. The standard InChI is InChI=1S/C24H26N4O3/c1-14-10-15-4-2-5-16(11-25)22(15)27(14)12-17-6-3-7-18-19(17)13-28(24(18)31)20-8-9-21(29)26-23(20)30/h2-7,14,20H,8-13,25H2,1H3,(H,26,29,30). The molecule has 1 saturated heterocycles. The first kappa shape index (κ1) is 19.8. The van der Waals surface area contributed by atoms with Gasteiger partial charge in [0.25, 0.3) is 5.91 Å². The van der Waals surface area contributed by atoms with Gasteiger partial charge in [-0.2, -0.15) is 0 Å². The molecule has 0 spiro atoms. The van der Waals surface area contributed by atoms with Crippen LogP contribution in [0.5, 0.6) is 0 Å². The van der Waals surface area contributed by atoms with Gasteiger partial charge in [-0.15, -0.1) is 0 Å². The predicted octanol–water partition coefficient (Wildman–Crippen LogP) is 1.86. The number of para-hydroxylation sites is 1. The van der Waals surface area contributed by atoms with E-state index in [4.69, 9.17) is 5.73 Å². The molecule has 1 fully saturated rings. The number of nitrogens with one attached hydrogen (secondary N) is 1. The summed E-state index contributed by atoms with van der Waals surface area (Å²) in [6, 6.07) is 11.9. The van der Waals surface area contributed by atoms with Gasteiger partial charge in [-0.3, -0.25) is 19.7 Å². The quantitative estimate of drug-likeness (QED) is 0.739. The normalized spacial score (nSPS) is 22.6. The Kier molecular flexibility index (Phi) is 4.78. The van der Waals surface area contributed by atoms with E-state index in [1.54, 1.807) is 4.90 Å². The fourth-order valence-electron chi connectivity index (χ4n) is 5.21. The zero-order valence-corrected chi connectivity index (χ0v) is 17.6. The Morgan fingerprint density at radius 1 is 1.10 bits per heavy atom. The Morgan fingerprint density at radius 2 is 1.87 bits per heavy atom. The molecule has 2 atom stereocenters. The lowest BCUT2D eigenvalue weighted by Gasteiger charge is -2.30. The highest BCUT2D eigenvalue weighted by Gasteiger charge is 2.40. The van der Waals surface area contributed by atoms with Crippen molar-refractivity contribution in [3.8, 4) is 0 Å². The Morgan fingerprint density at radius 3 is 2.65 bits per heavy atom. The summed E-state index contributed by atoms with van der Waals surface area (Å²) >= 11 is 0. The second-order valence-electron chi connectivity index (χ2n) is 8.65. The number of rotatable bonds is 4. The molecule has 0 bridgehead atoms. The van der Waals surface area contributed by atoms with Gasteiger partial charge < -0.3 is 15.5 Å². The van der Waals surface area contributed by atoms with Gasteiger partial charge in [-0.05, 0) is 48.1 Å². The molecule has 0 aliphatic carbocycles. The van der Waals surface area contributed by atoms with Gasteiger partial charge in [0.05, 0.1) is 0 Å². The first-order valence-electron chi connectivity index (χ1n) is 10.8. The van der Waals surface area contributed by atoms with Crippen LogP contribution in [0.2, 0.25) is 0 Å². The molecular weight excluding hydrogens is 392 g/mol. The van der Waals surface area contributed by atoms with E-state index in [-0.39, 0.29) is 24.1 Å². The van der Waals surface area contributed by atoms with E-state index in [1.807, 2.05) is 12.1 Å². The van der Waals surface area contributed by atoms with Crippen molar-refractivity contribution in [1.29, 1.82) is 0 Å². The highest BCUT2D eigenvalue weighted by atomic mass is 16.2. The van der Waals surface area contributed by atoms with Crippen molar-refractivity contribution in [1.82, 2.24) is 10.2 Å². The number of piperidine rings is 1. The summed E-state index contributed by atoms with van der Waals surface area (Å²) in [5.41, 5.74) is 12.4. The molecule has 7 nitrogen and oxygen atoms in total. The first-order valence-corrected chi connectivity index (χ1v) is 10.8. The van der Waals surface area contributed by atoms with Crippen molar-refractivity contribution >= 4 is 23.4 Å². The number of carbonyl (C=O) groups is 3. The van der Waals surface area contributed by atoms with Crippen LogP contribution in [-0.2, 0) is 35.6 Å². The number of amides is 3. The molecule has 5 rings (SSSR count). The lowest BCUT2D eigenvalue weighted by Crippen LogP contribution is -2.52. The molecule has 3 aliphatic heterocycles. The number of fused-ring (bicyclic) bond motifs is 2. The maximum atomic E-state index is 13.1. The van der Waals surface area contributed by atoms with Gasteiger partial charge in [-0.25, -0.2) is 0 Å². The maximum Gasteiger partial charge on any atom is 0.255 e. The van der Waals surface area contributed by atoms with Crippen molar-refractivity contribution in [3.05, 3.63) is 64.2 Å². The molecule has 7 heteroatoms. The van der Waals surface area contributed by atoms with E-state index >= 15 is 0 Å². The van der Waals surface area contributed by atoms with Crippen LogP contribution in [0.15, 0.2) is 36.4 Å². The van der Waals surface area contributed by atoms with Crippen LogP contribution in [0.1, 0.15) is 52.4 Å². The third kappa shape index (κ3) is 3.20. The average molecular weight is 418 g/mol. The van der Waals surface area contributed by atoms with Crippen molar-refractivity contribution in [2.75, 3.05) is 4.90 Å². The summed E-state index contributed by atoms with van der Waals surface area (Å²) in [5.74, 6) is -0.791. The minimum absolute atomic E-state index is 0.135. The second kappa shape index (κ2) is 7.50. The van der Waals surface area contributed by atoms with Crippen LogP contribution in [0.4, 0.5) is 5.69 Å². The summed E-state index contributed by atoms with van der Waals surface area (Å²) < 4.78 is 0. The highest BCUT2D eigenvalue weighted by molar-refractivity contribution is 6.05. The zero-order valence-electron chi connectivity index (χ0n) is 17.6. The van der Waals surface area contributed by atoms with Crippen molar-refractivity contribution < 1.29 is 14.4 Å². The number of nitrogens with two attached hydrogens (primary N) is 1. The van der Waals surface area contributed by atoms with Gasteiger partial charge in [0.1, 0.15) is 6.04 Å². The molecule has 3 heterocycles. The van der Waals surface area contributed by atoms with Gasteiger partial charge in [0.15, 0.2) is 0 Å². The molecule has 0 radical (unpaired) electrons. The molecule has 31 heavy (non-hydrogen) atoms. The molecule has 3 amide bonds. The SMILES string of the molecule is CC1Cc2cccc(CN)c2N1Cc1cccc2c1CN(C1CCC(=O)NC1=O)C2=O. The molecule has 2 unspecified atom stereocenters. The number of nitrogens with zero attached hydrogens (tertiary/aromatic N) is 2. The number of carbonyl (C=O) groups excluding carboxylic acids is 3. The van der Waals surface area contributed by atoms with Crippen LogP contribution in [-0.4, -0.2) is 34.7 Å². The number of anilines is 1. The zero-order chi connectivity index (χ0) is 21.7.